The molecule has 4 nitrogen and oxygen atoms in total. The topological polar surface area (TPSA) is 49.3 Å². The zero-order valence-electron chi connectivity index (χ0n) is 10.4. The van der Waals surface area contributed by atoms with Gasteiger partial charge in [0.15, 0.2) is 5.96 Å². The van der Waals surface area contributed by atoms with Gasteiger partial charge >= 0.3 is 0 Å². The minimum atomic E-state index is 0. The molecule has 0 unspecified atom stereocenters. The molecule has 1 aromatic rings. The molecule has 1 fully saturated rings. The molecule has 1 saturated carbocycles. The summed E-state index contributed by atoms with van der Waals surface area (Å²) >= 11 is 1.74. The third kappa shape index (κ3) is 4.42. The average molecular weight is 366 g/mol. The van der Waals surface area contributed by atoms with Gasteiger partial charge in [0.2, 0.25) is 0 Å². The van der Waals surface area contributed by atoms with Crippen LogP contribution in [-0.4, -0.2) is 24.0 Å². The van der Waals surface area contributed by atoms with Crippen LogP contribution >= 0.6 is 35.3 Å². The summed E-state index contributed by atoms with van der Waals surface area (Å²) in [6.45, 7) is 4.90. The number of nitrogens with zero attached hydrogens (tertiary/aromatic N) is 2. The third-order valence-electron chi connectivity index (χ3n) is 2.56. The number of hydrogen-bond donors (Lipinski definition) is 2. The lowest BCUT2D eigenvalue weighted by atomic mass is 10.4. The van der Waals surface area contributed by atoms with Gasteiger partial charge in [0.05, 0.1) is 17.2 Å². The van der Waals surface area contributed by atoms with E-state index in [2.05, 4.69) is 27.5 Å². The number of aliphatic imine (C=N–C) groups is 1. The molecule has 0 saturated heterocycles. The predicted octanol–water partition coefficient (Wildman–Crippen LogP) is 2.21. The average Bonchev–Trinajstić information content (AvgIpc) is 3.00. The van der Waals surface area contributed by atoms with E-state index in [4.69, 9.17) is 0 Å². The number of nitrogens with one attached hydrogen (secondary N) is 2. The normalized spacial score (nSPS) is 15.4. The monoisotopic (exact) mass is 366 g/mol. The van der Waals surface area contributed by atoms with Crippen molar-refractivity contribution >= 4 is 41.3 Å². The van der Waals surface area contributed by atoms with Crippen molar-refractivity contribution in [1.82, 2.24) is 15.6 Å². The van der Waals surface area contributed by atoms with Crippen LogP contribution in [0, 0.1) is 13.8 Å². The van der Waals surface area contributed by atoms with E-state index < -0.39 is 0 Å². The summed E-state index contributed by atoms with van der Waals surface area (Å²) in [4.78, 5) is 9.96. The van der Waals surface area contributed by atoms with E-state index in [1.807, 2.05) is 6.92 Å². The highest BCUT2D eigenvalue weighted by Crippen LogP contribution is 2.18. The van der Waals surface area contributed by atoms with Crippen molar-refractivity contribution in [3.63, 3.8) is 0 Å². The van der Waals surface area contributed by atoms with E-state index in [0.29, 0.717) is 6.04 Å². The van der Waals surface area contributed by atoms with Gasteiger partial charge in [0.25, 0.3) is 0 Å². The van der Waals surface area contributed by atoms with Crippen molar-refractivity contribution in [1.29, 1.82) is 0 Å². The van der Waals surface area contributed by atoms with Crippen molar-refractivity contribution in [2.45, 2.75) is 39.3 Å². The Kier molecular flexibility index (Phi) is 5.64. The van der Waals surface area contributed by atoms with Crippen molar-refractivity contribution < 1.29 is 0 Å². The molecule has 1 heterocycles. The van der Waals surface area contributed by atoms with Gasteiger partial charge in [-0.3, -0.25) is 4.99 Å². The maximum atomic E-state index is 4.48. The molecule has 6 heteroatoms. The number of guanidine groups is 1. The molecular formula is C11H19IN4S. The molecule has 0 spiro atoms. The van der Waals surface area contributed by atoms with Gasteiger partial charge in [-0.15, -0.1) is 35.3 Å². The molecule has 2 rings (SSSR count). The van der Waals surface area contributed by atoms with E-state index in [1.54, 1.807) is 18.4 Å². The molecule has 0 bridgehead atoms. The summed E-state index contributed by atoms with van der Waals surface area (Å²) in [5, 5.41) is 7.77. The third-order valence-corrected chi connectivity index (χ3v) is 3.49. The number of thiazole rings is 1. The summed E-state index contributed by atoms with van der Waals surface area (Å²) < 4.78 is 0. The highest BCUT2D eigenvalue weighted by atomic mass is 127. The fourth-order valence-corrected chi connectivity index (χ4v) is 2.35. The second-order valence-electron chi connectivity index (χ2n) is 4.08. The molecule has 1 aliphatic rings. The van der Waals surface area contributed by atoms with Crippen LogP contribution in [0.3, 0.4) is 0 Å². The quantitative estimate of drug-likeness (QED) is 0.490. The van der Waals surface area contributed by atoms with Crippen LogP contribution in [0.4, 0.5) is 0 Å². The van der Waals surface area contributed by atoms with Gasteiger partial charge < -0.3 is 10.6 Å². The summed E-state index contributed by atoms with van der Waals surface area (Å²) in [7, 11) is 1.80. The summed E-state index contributed by atoms with van der Waals surface area (Å²) in [6, 6.07) is 0.629. The molecule has 0 aliphatic heterocycles. The Bertz CT molecular complexity index is 398. The molecule has 0 aromatic carbocycles. The lowest BCUT2D eigenvalue weighted by Crippen LogP contribution is -2.38. The van der Waals surface area contributed by atoms with Crippen LogP contribution < -0.4 is 10.6 Å². The van der Waals surface area contributed by atoms with E-state index in [0.717, 1.165) is 23.2 Å². The number of rotatable bonds is 3. The fourth-order valence-electron chi connectivity index (χ4n) is 1.52. The van der Waals surface area contributed by atoms with Crippen molar-refractivity contribution in [2.75, 3.05) is 7.05 Å². The van der Waals surface area contributed by atoms with Crippen LogP contribution in [0.2, 0.25) is 0 Å². The second-order valence-corrected chi connectivity index (χ2v) is 5.49. The Labute approximate surface area is 123 Å². The van der Waals surface area contributed by atoms with Crippen LogP contribution in [-0.2, 0) is 6.54 Å². The standard InChI is InChI=1S/C11H18N4S.HI/c1-7-10(14-8(2)16-7)6-13-11(12-3)15-9-4-5-9;/h9H,4-6H2,1-3H3,(H2,12,13,15);1H. The minimum Gasteiger partial charge on any atom is -0.354 e. The zero-order chi connectivity index (χ0) is 11.5. The Hall–Kier alpha value is -0.370. The first-order valence-electron chi connectivity index (χ1n) is 5.59. The van der Waals surface area contributed by atoms with Crippen molar-refractivity contribution in [3.05, 3.63) is 15.6 Å². The van der Waals surface area contributed by atoms with Gasteiger partial charge in [-0.1, -0.05) is 0 Å². The molecule has 0 atom stereocenters. The molecule has 1 aromatic heterocycles. The van der Waals surface area contributed by atoms with Crippen LogP contribution in [0.15, 0.2) is 4.99 Å². The fraction of sp³-hybridized carbons (Fsp3) is 0.636. The molecule has 0 amide bonds. The van der Waals surface area contributed by atoms with E-state index >= 15 is 0 Å². The van der Waals surface area contributed by atoms with Gasteiger partial charge in [-0.2, -0.15) is 0 Å². The largest absolute Gasteiger partial charge is 0.354 e. The maximum Gasteiger partial charge on any atom is 0.191 e. The highest BCUT2D eigenvalue weighted by molar-refractivity contribution is 14.0. The number of aryl methyl sites for hydroxylation is 2. The lowest BCUT2D eigenvalue weighted by molar-refractivity contribution is 0.790. The Morgan fingerprint density at radius 2 is 2.18 bits per heavy atom. The Morgan fingerprint density at radius 1 is 1.47 bits per heavy atom. The molecule has 0 radical (unpaired) electrons. The highest BCUT2D eigenvalue weighted by Gasteiger charge is 2.22. The van der Waals surface area contributed by atoms with Gasteiger partial charge in [-0.05, 0) is 26.7 Å². The minimum absolute atomic E-state index is 0. The summed E-state index contributed by atoms with van der Waals surface area (Å²) in [5.74, 6) is 0.882. The zero-order valence-corrected chi connectivity index (χ0v) is 13.6. The Morgan fingerprint density at radius 3 is 2.65 bits per heavy atom. The predicted molar refractivity (Wildman–Crippen MR) is 83.4 cm³/mol. The van der Waals surface area contributed by atoms with E-state index in [9.17, 15) is 0 Å². The van der Waals surface area contributed by atoms with Crippen molar-refractivity contribution in [3.8, 4) is 0 Å². The van der Waals surface area contributed by atoms with Gasteiger partial charge in [-0.25, -0.2) is 4.98 Å². The van der Waals surface area contributed by atoms with Crippen molar-refractivity contribution in [2.24, 2.45) is 4.99 Å². The molecular weight excluding hydrogens is 347 g/mol. The Balaban J connectivity index is 0.00000144. The number of hydrogen-bond acceptors (Lipinski definition) is 3. The smallest absolute Gasteiger partial charge is 0.191 e. The first-order valence-corrected chi connectivity index (χ1v) is 6.41. The molecule has 96 valence electrons. The molecule has 2 N–H and O–H groups in total. The molecule has 1 aliphatic carbocycles. The lowest BCUT2D eigenvalue weighted by Gasteiger charge is -2.10. The van der Waals surface area contributed by atoms with Gasteiger partial charge in [0, 0.05) is 18.0 Å². The van der Waals surface area contributed by atoms with Crippen LogP contribution in [0.25, 0.3) is 0 Å². The van der Waals surface area contributed by atoms with Crippen LogP contribution in [0.1, 0.15) is 28.4 Å². The number of halogens is 1. The summed E-state index contributed by atoms with van der Waals surface area (Å²) in [6.07, 6.45) is 2.52. The van der Waals surface area contributed by atoms with Crippen LogP contribution in [0.5, 0.6) is 0 Å². The second kappa shape index (κ2) is 6.53. The van der Waals surface area contributed by atoms with E-state index in [1.165, 1.54) is 17.7 Å². The summed E-state index contributed by atoms with van der Waals surface area (Å²) in [5.41, 5.74) is 1.13. The first kappa shape index (κ1) is 14.7. The maximum absolute atomic E-state index is 4.48. The van der Waals surface area contributed by atoms with E-state index in [-0.39, 0.29) is 24.0 Å². The van der Waals surface area contributed by atoms with Gasteiger partial charge in [0.1, 0.15) is 0 Å². The first-order chi connectivity index (χ1) is 7.69. The molecule has 17 heavy (non-hydrogen) atoms. The number of aromatic nitrogens is 1. The SMILES string of the molecule is CN=C(NCc1nc(C)sc1C)NC1CC1.I.